The van der Waals surface area contributed by atoms with Gasteiger partial charge in [0.2, 0.25) is 0 Å². The van der Waals surface area contributed by atoms with Gasteiger partial charge in [-0.3, -0.25) is 4.90 Å². The minimum atomic E-state index is -1.04. The Balaban J connectivity index is 2.07. The number of nitrogens with one attached hydrogen (secondary N) is 1. The molecule has 1 aliphatic rings. The molecular weight excluding hydrogens is 268 g/mol. The Morgan fingerprint density at radius 3 is 2.48 bits per heavy atom. The molecule has 1 atom stereocenters. The average Bonchev–Trinajstić information content (AvgIpc) is 2.89. The summed E-state index contributed by atoms with van der Waals surface area (Å²) < 4.78 is 0. The summed E-state index contributed by atoms with van der Waals surface area (Å²) >= 11 is 0. The monoisotopic (exact) mass is 282 g/mol. The molecule has 106 valence electrons. The molecule has 2 aromatic rings. The number of carbonyl (C=O) groups excluding carboxylic acids is 1. The van der Waals surface area contributed by atoms with Crippen molar-refractivity contribution < 1.29 is 14.7 Å². The van der Waals surface area contributed by atoms with Crippen LogP contribution in [0.5, 0.6) is 0 Å². The van der Waals surface area contributed by atoms with Gasteiger partial charge in [0.1, 0.15) is 0 Å². The molecule has 1 saturated heterocycles. The first-order chi connectivity index (χ1) is 10.2. The van der Waals surface area contributed by atoms with Crippen molar-refractivity contribution in [1.29, 1.82) is 0 Å². The first-order valence-electron chi connectivity index (χ1n) is 6.63. The summed E-state index contributed by atoms with van der Waals surface area (Å²) in [4.78, 5) is 25.0. The number of aromatic carboxylic acids is 1. The lowest BCUT2D eigenvalue weighted by Crippen LogP contribution is -2.31. The zero-order valence-electron chi connectivity index (χ0n) is 11.2. The predicted molar refractivity (Wildman–Crippen MR) is 78.5 cm³/mol. The number of carboxylic acids is 1. The summed E-state index contributed by atoms with van der Waals surface area (Å²) in [6.45, 7) is 0.455. The summed E-state index contributed by atoms with van der Waals surface area (Å²) in [6, 6.07) is 15.6. The van der Waals surface area contributed by atoms with Crippen LogP contribution in [0.1, 0.15) is 22.0 Å². The Labute approximate surface area is 121 Å². The van der Waals surface area contributed by atoms with E-state index < -0.39 is 5.97 Å². The van der Waals surface area contributed by atoms with Crippen molar-refractivity contribution in [2.45, 2.75) is 6.04 Å². The number of nitrogens with zero attached hydrogens (tertiary/aromatic N) is 1. The third-order valence-corrected chi connectivity index (χ3v) is 3.56. The van der Waals surface area contributed by atoms with Gasteiger partial charge in [0.05, 0.1) is 17.3 Å². The van der Waals surface area contributed by atoms with Crippen molar-refractivity contribution in [2.24, 2.45) is 0 Å². The van der Waals surface area contributed by atoms with E-state index in [1.54, 1.807) is 18.2 Å². The maximum atomic E-state index is 12.2. The Hall–Kier alpha value is -2.82. The maximum absolute atomic E-state index is 12.2. The van der Waals surface area contributed by atoms with E-state index in [-0.39, 0.29) is 17.6 Å². The molecule has 2 aromatic carbocycles. The number of para-hydroxylation sites is 1. The second-order valence-electron chi connectivity index (χ2n) is 4.80. The molecule has 2 amide bonds. The molecule has 0 aliphatic carbocycles. The highest BCUT2D eigenvalue weighted by Crippen LogP contribution is 2.32. The Morgan fingerprint density at radius 2 is 1.76 bits per heavy atom. The summed E-state index contributed by atoms with van der Waals surface area (Å²) in [5, 5.41) is 12.1. The van der Waals surface area contributed by atoms with Crippen LogP contribution in [0.25, 0.3) is 0 Å². The van der Waals surface area contributed by atoms with Gasteiger partial charge >= 0.3 is 12.0 Å². The minimum Gasteiger partial charge on any atom is -0.478 e. The second kappa shape index (κ2) is 5.28. The lowest BCUT2D eigenvalue weighted by atomic mass is 10.0. The van der Waals surface area contributed by atoms with Crippen LogP contribution in [0, 0.1) is 0 Å². The standard InChI is InChI=1S/C16H14N2O3/c19-15(20)12-8-4-5-9-13(12)18-14(10-17-16(18)21)11-6-2-1-3-7-11/h1-9,14H,10H2,(H,17,21)(H,19,20). The highest BCUT2D eigenvalue weighted by atomic mass is 16.4. The third-order valence-electron chi connectivity index (χ3n) is 3.56. The number of amides is 2. The number of hydrogen-bond donors (Lipinski definition) is 2. The van der Waals surface area contributed by atoms with Crippen LogP contribution in [-0.2, 0) is 0 Å². The molecule has 1 aliphatic heterocycles. The van der Waals surface area contributed by atoms with Gasteiger partial charge in [0.15, 0.2) is 0 Å². The van der Waals surface area contributed by atoms with Gasteiger partial charge in [-0.2, -0.15) is 0 Å². The number of carbonyl (C=O) groups is 2. The van der Waals surface area contributed by atoms with E-state index in [1.807, 2.05) is 30.3 Å². The first kappa shape index (κ1) is 13.2. The zero-order chi connectivity index (χ0) is 14.8. The third kappa shape index (κ3) is 2.33. The first-order valence-corrected chi connectivity index (χ1v) is 6.63. The molecule has 5 heteroatoms. The summed E-state index contributed by atoms with van der Waals surface area (Å²) in [5.74, 6) is -1.04. The molecule has 1 unspecified atom stereocenters. The zero-order valence-corrected chi connectivity index (χ0v) is 11.2. The fourth-order valence-electron chi connectivity index (χ4n) is 2.59. The SMILES string of the molecule is O=C(O)c1ccccc1N1C(=O)NCC1c1ccccc1. The molecule has 0 bridgehead atoms. The van der Waals surface area contributed by atoms with Crippen LogP contribution in [0.2, 0.25) is 0 Å². The van der Waals surface area contributed by atoms with Crippen LogP contribution in [0.15, 0.2) is 54.6 Å². The smallest absolute Gasteiger partial charge is 0.337 e. The summed E-state index contributed by atoms with van der Waals surface area (Å²) in [6.07, 6.45) is 0. The van der Waals surface area contributed by atoms with Crippen molar-refractivity contribution in [1.82, 2.24) is 5.32 Å². The van der Waals surface area contributed by atoms with Crippen molar-refractivity contribution in [3.05, 3.63) is 65.7 Å². The molecule has 0 aromatic heterocycles. The average molecular weight is 282 g/mol. The topological polar surface area (TPSA) is 69.6 Å². The Morgan fingerprint density at radius 1 is 1.10 bits per heavy atom. The summed E-state index contributed by atoms with van der Waals surface area (Å²) in [7, 11) is 0. The van der Waals surface area contributed by atoms with Crippen molar-refractivity contribution in [3.8, 4) is 0 Å². The van der Waals surface area contributed by atoms with Gasteiger partial charge < -0.3 is 10.4 Å². The molecule has 3 rings (SSSR count). The lowest BCUT2D eigenvalue weighted by Gasteiger charge is -2.24. The number of carboxylic acid groups (broad SMARTS) is 1. The number of urea groups is 1. The Bertz CT molecular complexity index is 685. The maximum Gasteiger partial charge on any atom is 0.337 e. The predicted octanol–water partition coefficient (Wildman–Crippen LogP) is 2.66. The van der Waals surface area contributed by atoms with E-state index in [0.717, 1.165) is 5.56 Å². The van der Waals surface area contributed by atoms with E-state index in [2.05, 4.69) is 5.32 Å². The molecule has 5 nitrogen and oxygen atoms in total. The fraction of sp³-hybridized carbons (Fsp3) is 0.125. The summed E-state index contributed by atoms with van der Waals surface area (Å²) in [5.41, 5.74) is 1.50. The van der Waals surface area contributed by atoms with Crippen LogP contribution in [0.3, 0.4) is 0 Å². The van der Waals surface area contributed by atoms with E-state index in [1.165, 1.54) is 11.0 Å². The number of hydrogen-bond acceptors (Lipinski definition) is 2. The van der Waals surface area contributed by atoms with Crippen LogP contribution in [0.4, 0.5) is 10.5 Å². The molecule has 1 heterocycles. The van der Waals surface area contributed by atoms with E-state index in [4.69, 9.17) is 0 Å². The highest BCUT2D eigenvalue weighted by molar-refractivity contribution is 6.03. The molecule has 0 radical (unpaired) electrons. The van der Waals surface area contributed by atoms with Gasteiger partial charge in [-0.15, -0.1) is 0 Å². The highest BCUT2D eigenvalue weighted by Gasteiger charge is 2.34. The van der Waals surface area contributed by atoms with Crippen molar-refractivity contribution >= 4 is 17.7 Å². The molecule has 0 saturated carbocycles. The van der Waals surface area contributed by atoms with Gasteiger partial charge in [-0.05, 0) is 17.7 Å². The largest absolute Gasteiger partial charge is 0.478 e. The van der Waals surface area contributed by atoms with Gasteiger partial charge in [0.25, 0.3) is 0 Å². The van der Waals surface area contributed by atoms with Crippen molar-refractivity contribution in [2.75, 3.05) is 11.4 Å². The number of anilines is 1. The minimum absolute atomic E-state index is 0.121. The number of rotatable bonds is 3. The van der Waals surface area contributed by atoms with Crippen molar-refractivity contribution in [3.63, 3.8) is 0 Å². The lowest BCUT2D eigenvalue weighted by molar-refractivity contribution is 0.0697. The van der Waals surface area contributed by atoms with Crippen LogP contribution < -0.4 is 10.2 Å². The van der Waals surface area contributed by atoms with Gasteiger partial charge in [-0.25, -0.2) is 9.59 Å². The fourth-order valence-corrected chi connectivity index (χ4v) is 2.59. The quantitative estimate of drug-likeness (QED) is 0.909. The van der Waals surface area contributed by atoms with E-state index in [0.29, 0.717) is 12.2 Å². The molecule has 1 fully saturated rings. The molecule has 0 spiro atoms. The molecule has 2 N–H and O–H groups in total. The van der Waals surface area contributed by atoms with Crippen LogP contribution in [-0.4, -0.2) is 23.7 Å². The molecule has 21 heavy (non-hydrogen) atoms. The number of benzene rings is 2. The van der Waals surface area contributed by atoms with E-state index in [9.17, 15) is 14.7 Å². The second-order valence-corrected chi connectivity index (χ2v) is 4.80. The van der Waals surface area contributed by atoms with Crippen LogP contribution >= 0.6 is 0 Å². The van der Waals surface area contributed by atoms with Gasteiger partial charge in [0, 0.05) is 6.54 Å². The van der Waals surface area contributed by atoms with E-state index >= 15 is 0 Å². The normalized spacial score (nSPS) is 17.6. The molecular formula is C16H14N2O3. The van der Waals surface area contributed by atoms with Gasteiger partial charge in [-0.1, -0.05) is 42.5 Å². The Kier molecular flexibility index (Phi) is 3.31.